The standard InChI is InChI=1S/C18H17N5O/c1-2-9-23-16(24)6-3-13-11-20-18(22-17(13)23)21-14-4-5-15-12(10-14)7-8-19-15/h3-8,10-11,19H,2,9H2,1H3,(H,20,21,22). The molecule has 3 heterocycles. The summed E-state index contributed by atoms with van der Waals surface area (Å²) in [5, 5.41) is 5.19. The molecule has 6 nitrogen and oxygen atoms in total. The third-order valence-corrected chi connectivity index (χ3v) is 3.98. The number of aryl methyl sites for hydroxylation is 1. The van der Waals surface area contributed by atoms with Crippen molar-refractivity contribution in [3.63, 3.8) is 0 Å². The molecule has 0 fully saturated rings. The van der Waals surface area contributed by atoms with Gasteiger partial charge in [-0.3, -0.25) is 9.36 Å². The molecule has 0 bridgehead atoms. The van der Waals surface area contributed by atoms with Gasteiger partial charge >= 0.3 is 0 Å². The van der Waals surface area contributed by atoms with Crippen LogP contribution in [-0.2, 0) is 6.54 Å². The average molecular weight is 319 g/mol. The number of fused-ring (bicyclic) bond motifs is 2. The van der Waals surface area contributed by atoms with Crippen LogP contribution in [-0.4, -0.2) is 19.5 Å². The van der Waals surface area contributed by atoms with Gasteiger partial charge in [0.2, 0.25) is 5.95 Å². The first-order valence-electron chi connectivity index (χ1n) is 7.95. The lowest BCUT2D eigenvalue weighted by Crippen LogP contribution is -2.20. The number of rotatable bonds is 4. The Kier molecular flexibility index (Phi) is 3.49. The van der Waals surface area contributed by atoms with Crippen molar-refractivity contribution in [2.45, 2.75) is 19.9 Å². The van der Waals surface area contributed by atoms with Crippen molar-refractivity contribution in [1.82, 2.24) is 19.5 Å². The second-order valence-corrected chi connectivity index (χ2v) is 5.70. The molecule has 0 spiro atoms. The van der Waals surface area contributed by atoms with E-state index in [1.54, 1.807) is 22.9 Å². The van der Waals surface area contributed by atoms with Gasteiger partial charge in [-0.1, -0.05) is 6.92 Å². The van der Waals surface area contributed by atoms with E-state index in [9.17, 15) is 4.79 Å². The third kappa shape index (κ3) is 2.52. The first-order chi connectivity index (χ1) is 11.7. The number of nitrogens with zero attached hydrogens (tertiary/aromatic N) is 3. The minimum Gasteiger partial charge on any atom is -0.361 e. The molecular weight excluding hydrogens is 302 g/mol. The highest BCUT2D eigenvalue weighted by molar-refractivity contribution is 5.84. The first kappa shape index (κ1) is 14.4. The van der Waals surface area contributed by atoms with E-state index in [4.69, 9.17) is 0 Å². The SMILES string of the molecule is CCCn1c(=O)ccc2cnc(Nc3ccc4[nH]ccc4c3)nc21. The quantitative estimate of drug-likeness (QED) is 0.604. The monoisotopic (exact) mass is 319 g/mol. The van der Waals surface area contributed by atoms with Gasteiger partial charge in [0.05, 0.1) is 0 Å². The minimum atomic E-state index is -0.0391. The molecule has 24 heavy (non-hydrogen) atoms. The van der Waals surface area contributed by atoms with Crippen LogP contribution in [0.2, 0.25) is 0 Å². The molecule has 0 saturated heterocycles. The van der Waals surface area contributed by atoms with Crippen molar-refractivity contribution in [3.8, 4) is 0 Å². The molecule has 2 N–H and O–H groups in total. The van der Waals surface area contributed by atoms with Gasteiger partial charge in [-0.15, -0.1) is 0 Å². The lowest BCUT2D eigenvalue weighted by Gasteiger charge is -2.10. The maximum absolute atomic E-state index is 12.1. The van der Waals surface area contributed by atoms with Crippen LogP contribution >= 0.6 is 0 Å². The number of hydrogen-bond acceptors (Lipinski definition) is 4. The van der Waals surface area contributed by atoms with Crippen LogP contribution in [0, 0.1) is 0 Å². The minimum absolute atomic E-state index is 0.0391. The lowest BCUT2D eigenvalue weighted by atomic mass is 10.2. The summed E-state index contributed by atoms with van der Waals surface area (Å²) in [6, 6.07) is 11.3. The Labute approximate surface area is 138 Å². The van der Waals surface area contributed by atoms with Crippen LogP contribution < -0.4 is 10.9 Å². The highest BCUT2D eigenvalue weighted by Crippen LogP contribution is 2.21. The van der Waals surface area contributed by atoms with Gasteiger partial charge in [-0.25, -0.2) is 4.98 Å². The Bertz CT molecular complexity index is 1080. The van der Waals surface area contributed by atoms with Crippen molar-refractivity contribution in [1.29, 1.82) is 0 Å². The number of anilines is 2. The fourth-order valence-electron chi connectivity index (χ4n) is 2.83. The zero-order chi connectivity index (χ0) is 16.5. The van der Waals surface area contributed by atoms with Crippen LogP contribution in [0.15, 0.2) is 53.6 Å². The topological polar surface area (TPSA) is 75.6 Å². The predicted molar refractivity (Wildman–Crippen MR) is 95.7 cm³/mol. The molecule has 4 aromatic rings. The van der Waals surface area contributed by atoms with Gasteiger partial charge in [-0.2, -0.15) is 4.98 Å². The van der Waals surface area contributed by atoms with Gasteiger partial charge in [-0.05, 0) is 36.8 Å². The molecule has 0 aliphatic rings. The maximum Gasteiger partial charge on any atom is 0.252 e. The Balaban J connectivity index is 1.76. The summed E-state index contributed by atoms with van der Waals surface area (Å²) in [7, 11) is 0. The number of benzene rings is 1. The molecule has 0 aliphatic carbocycles. The molecule has 6 heteroatoms. The first-order valence-corrected chi connectivity index (χ1v) is 7.95. The van der Waals surface area contributed by atoms with Crippen molar-refractivity contribution in [2.75, 3.05) is 5.32 Å². The van der Waals surface area contributed by atoms with Crippen molar-refractivity contribution >= 4 is 33.6 Å². The molecule has 3 aromatic heterocycles. The number of pyridine rings is 1. The van der Waals surface area contributed by atoms with E-state index in [1.807, 2.05) is 37.4 Å². The van der Waals surface area contributed by atoms with E-state index in [0.29, 0.717) is 18.1 Å². The largest absolute Gasteiger partial charge is 0.361 e. The Morgan fingerprint density at radius 3 is 2.96 bits per heavy atom. The molecular formula is C18H17N5O. The zero-order valence-electron chi connectivity index (χ0n) is 13.3. The normalized spacial score (nSPS) is 11.2. The fourth-order valence-corrected chi connectivity index (χ4v) is 2.83. The zero-order valence-corrected chi connectivity index (χ0v) is 13.3. The molecule has 120 valence electrons. The molecule has 0 amide bonds. The molecule has 0 radical (unpaired) electrons. The van der Waals surface area contributed by atoms with Crippen LogP contribution in [0.25, 0.3) is 21.9 Å². The average Bonchev–Trinajstić information content (AvgIpc) is 3.05. The number of aromatic nitrogens is 4. The van der Waals surface area contributed by atoms with Crippen molar-refractivity contribution in [2.24, 2.45) is 0 Å². The molecule has 0 atom stereocenters. The van der Waals surface area contributed by atoms with Crippen LogP contribution in [0.5, 0.6) is 0 Å². The Morgan fingerprint density at radius 1 is 1.17 bits per heavy atom. The van der Waals surface area contributed by atoms with E-state index in [1.165, 1.54) is 0 Å². The second-order valence-electron chi connectivity index (χ2n) is 5.70. The molecule has 0 unspecified atom stereocenters. The lowest BCUT2D eigenvalue weighted by molar-refractivity contribution is 0.671. The number of hydrogen-bond donors (Lipinski definition) is 2. The summed E-state index contributed by atoms with van der Waals surface area (Å²) in [4.78, 5) is 24.2. The summed E-state index contributed by atoms with van der Waals surface area (Å²) < 4.78 is 1.69. The maximum atomic E-state index is 12.1. The molecule has 0 aliphatic heterocycles. The van der Waals surface area contributed by atoms with Crippen molar-refractivity contribution in [3.05, 3.63) is 59.1 Å². The van der Waals surface area contributed by atoms with Gasteiger partial charge in [0.15, 0.2) is 0 Å². The van der Waals surface area contributed by atoms with Crippen LogP contribution in [0.4, 0.5) is 11.6 Å². The number of H-pyrrole nitrogens is 1. The summed E-state index contributed by atoms with van der Waals surface area (Å²) in [5.41, 5.74) is 2.60. The molecule has 1 aromatic carbocycles. The highest BCUT2D eigenvalue weighted by Gasteiger charge is 2.07. The van der Waals surface area contributed by atoms with Gasteiger partial charge in [0.1, 0.15) is 5.65 Å². The molecule has 4 rings (SSSR count). The summed E-state index contributed by atoms with van der Waals surface area (Å²) >= 11 is 0. The Hall–Kier alpha value is -3.15. The number of nitrogens with one attached hydrogen (secondary N) is 2. The second kappa shape index (κ2) is 5.81. The third-order valence-electron chi connectivity index (χ3n) is 3.98. The van der Waals surface area contributed by atoms with Gasteiger partial charge in [0, 0.05) is 47.0 Å². The van der Waals surface area contributed by atoms with E-state index < -0.39 is 0 Å². The van der Waals surface area contributed by atoms with Crippen molar-refractivity contribution < 1.29 is 0 Å². The van der Waals surface area contributed by atoms with E-state index in [2.05, 4.69) is 20.3 Å². The molecule has 0 saturated carbocycles. The predicted octanol–water partition coefficient (Wildman–Crippen LogP) is 3.43. The van der Waals surface area contributed by atoms with E-state index in [-0.39, 0.29) is 5.56 Å². The summed E-state index contributed by atoms with van der Waals surface area (Å²) in [6.45, 7) is 2.68. The summed E-state index contributed by atoms with van der Waals surface area (Å²) in [5.74, 6) is 0.479. The fraction of sp³-hybridized carbons (Fsp3) is 0.167. The summed E-state index contributed by atoms with van der Waals surface area (Å²) in [6.07, 6.45) is 4.52. The van der Waals surface area contributed by atoms with Crippen LogP contribution in [0.3, 0.4) is 0 Å². The number of aromatic amines is 1. The van der Waals surface area contributed by atoms with Crippen LogP contribution in [0.1, 0.15) is 13.3 Å². The van der Waals surface area contributed by atoms with Gasteiger partial charge < -0.3 is 10.3 Å². The van der Waals surface area contributed by atoms with Gasteiger partial charge in [0.25, 0.3) is 5.56 Å². The smallest absolute Gasteiger partial charge is 0.252 e. The van der Waals surface area contributed by atoms with E-state index in [0.717, 1.165) is 28.4 Å². The Morgan fingerprint density at radius 2 is 2.08 bits per heavy atom. The highest BCUT2D eigenvalue weighted by atomic mass is 16.1. The van der Waals surface area contributed by atoms with E-state index >= 15 is 0 Å².